The normalized spacial score (nSPS) is 11.8. The molecule has 0 aliphatic rings. The van der Waals surface area contributed by atoms with Gasteiger partial charge >= 0.3 is 0 Å². The highest BCUT2D eigenvalue weighted by Gasteiger charge is 2.22. The standard InChI is InChI=1S/C12H18N2O2S/c1-4-8-14(3)17(15,16)12-7-5-6-11(9-13)10(12)2/h4-7H,1,8-9,13H2,2-3H3. The highest BCUT2D eigenvalue weighted by Crippen LogP contribution is 2.21. The summed E-state index contributed by atoms with van der Waals surface area (Å²) in [5.41, 5.74) is 7.13. The molecule has 0 unspecified atom stereocenters. The van der Waals surface area contributed by atoms with Crippen LogP contribution in [0.3, 0.4) is 0 Å². The van der Waals surface area contributed by atoms with E-state index in [1.165, 1.54) is 11.4 Å². The molecule has 0 amide bonds. The number of rotatable bonds is 5. The summed E-state index contributed by atoms with van der Waals surface area (Å²) in [7, 11) is -1.92. The van der Waals surface area contributed by atoms with Crippen molar-refractivity contribution in [1.29, 1.82) is 0 Å². The van der Waals surface area contributed by atoms with Gasteiger partial charge in [0.25, 0.3) is 0 Å². The van der Waals surface area contributed by atoms with Gasteiger partial charge in [0, 0.05) is 20.1 Å². The molecule has 4 nitrogen and oxygen atoms in total. The van der Waals surface area contributed by atoms with Crippen molar-refractivity contribution in [1.82, 2.24) is 4.31 Å². The molecule has 0 aliphatic heterocycles. The average molecular weight is 254 g/mol. The first-order valence-corrected chi connectivity index (χ1v) is 6.75. The molecular weight excluding hydrogens is 236 g/mol. The first-order valence-electron chi connectivity index (χ1n) is 5.31. The maximum Gasteiger partial charge on any atom is 0.243 e. The molecule has 1 aromatic rings. The Kier molecular flexibility index (Phi) is 4.45. The largest absolute Gasteiger partial charge is 0.326 e. The zero-order chi connectivity index (χ0) is 13.1. The van der Waals surface area contributed by atoms with Gasteiger partial charge in [-0.05, 0) is 24.1 Å². The van der Waals surface area contributed by atoms with Crippen LogP contribution >= 0.6 is 0 Å². The van der Waals surface area contributed by atoms with Crippen molar-refractivity contribution >= 4 is 10.0 Å². The van der Waals surface area contributed by atoms with E-state index in [1.54, 1.807) is 25.1 Å². The molecule has 0 radical (unpaired) electrons. The van der Waals surface area contributed by atoms with Crippen molar-refractivity contribution in [2.45, 2.75) is 18.4 Å². The Morgan fingerprint density at radius 1 is 1.47 bits per heavy atom. The van der Waals surface area contributed by atoms with Crippen LogP contribution in [0.2, 0.25) is 0 Å². The molecule has 94 valence electrons. The summed E-state index contributed by atoms with van der Waals surface area (Å²) in [6.45, 7) is 5.93. The van der Waals surface area contributed by atoms with E-state index in [9.17, 15) is 8.42 Å². The third-order valence-corrected chi connectivity index (χ3v) is 4.66. The van der Waals surface area contributed by atoms with Crippen molar-refractivity contribution in [3.63, 3.8) is 0 Å². The Labute approximate surface area is 103 Å². The second-order valence-corrected chi connectivity index (χ2v) is 5.83. The lowest BCUT2D eigenvalue weighted by molar-refractivity contribution is 0.498. The molecule has 0 bridgehead atoms. The van der Waals surface area contributed by atoms with Gasteiger partial charge in [-0.3, -0.25) is 0 Å². The highest BCUT2D eigenvalue weighted by molar-refractivity contribution is 7.89. The maximum absolute atomic E-state index is 12.2. The number of hydrogen-bond acceptors (Lipinski definition) is 3. The summed E-state index contributed by atoms with van der Waals surface area (Å²) in [5, 5.41) is 0. The number of nitrogens with zero attached hydrogens (tertiary/aromatic N) is 1. The SMILES string of the molecule is C=CCN(C)S(=O)(=O)c1cccc(CN)c1C. The van der Waals surface area contributed by atoms with Gasteiger partial charge < -0.3 is 5.73 Å². The van der Waals surface area contributed by atoms with E-state index in [0.717, 1.165) is 5.56 Å². The molecule has 0 spiro atoms. The van der Waals surface area contributed by atoms with Gasteiger partial charge in [-0.1, -0.05) is 18.2 Å². The smallest absolute Gasteiger partial charge is 0.243 e. The number of hydrogen-bond donors (Lipinski definition) is 1. The zero-order valence-corrected chi connectivity index (χ0v) is 11.0. The topological polar surface area (TPSA) is 63.4 Å². The van der Waals surface area contributed by atoms with E-state index >= 15 is 0 Å². The summed E-state index contributed by atoms with van der Waals surface area (Å²) in [4.78, 5) is 0.310. The van der Waals surface area contributed by atoms with Crippen LogP contribution in [0.1, 0.15) is 11.1 Å². The molecule has 1 aromatic carbocycles. The van der Waals surface area contributed by atoms with Crippen LogP contribution in [-0.2, 0) is 16.6 Å². The lowest BCUT2D eigenvalue weighted by Gasteiger charge is -2.18. The van der Waals surface area contributed by atoms with Crippen LogP contribution < -0.4 is 5.73 Å². The Morgan fingerprint density at radius 2 is 2.12 bits per heavy atom. The third kappa shape index (κ3) is 2.74. The fraction of sp³-hybridized carbons (Fsp3) is 0.333. The predicted octanol–water partition coefficient (Wildman–Crippen LogP) is 1.26. The van der Waals surface area contributed by atoms with E-state index in [2.05, 4.69) is 6.58 Å². The third-order valence-electron chi connectivity index (χ3n) is 2.69. The molecule has 2 N–H and O–H groups in total. The fourth-order valence-electron chi connectivity index (χ4n) is 1.61. The van der Waals surface area contributed by atoms with Crippen molar-refractivity contribution < 1.29 is 8.42 Å². The van der Waals surface area contributed by atoms with E-state index in [4.69, 9.17) is 5.73 Å². The predicted molar refractivity (Wildman–Crippen MR) is 69.1 cm³/mol. The van der Waals surface area contributed by atoms with Crippen LogP contribution in [0.25, 0.3) is 0 Å². The minimum absolute atomic E-state index is 0.286. The lowest BCUT2D eigenvalue weighted by atomic mass is 10.1. The molecule has 0 fully saturated rings. The van der Waals surface area contributed by atoms with Crippen LogP contribution in [0.15, 0.2) is 35.7 Å². The van der Waals surface area contributed by atoms with Gasteiger partial charge in [-0.2, -0.15) is 4.31 Å². The van der Waals surface area contributed by atoms with Crippen LogP contribution in [0.5, 0.6) is 0 Å². The second kappa shape index (κ2) is 5.44. The molecule has 0 saturated heterocycles. The Morgan fingerprint density at radius 3 is 2.65 bits per heavy atom. The van der Waals surface area contributed by atoms with Gasteiger partial charge in [0.05, 0.1) is 4.90 Å². The first-order chi connectivity index (χ1) is 7.95. The minimum Gasteiger partial charge on any atom is -0.326 e. The van der Waals surface area contributed by atoms with Gasteiger partial charge in [0.15, 0.2) is 0 Å². The number of likely N-dealkylation sites (N-methyl/N-ethyl adjacent to an activating group) is 1. The number of benzene rings is 1. The summed E-state index contributed by atoms with van der Waals surface area (Å²) in [6, 6.07) is 5.15. The number of sulfonamides is 1. The minimum atomic E-state index is -3.46. The molecule has 5 heteroatoms. The quantitative estimate of drug-likeness (QED) is 0.805. The van der Waals surface area contributed by atoms with Gasteiger partial charge in [0.2, 0.25) is 10.0 Å². The van der Waals surface area contributed by atoms with E-state index in [-0.39, 0.29) is 6.54 Å². The summed E-state index contributed by atoms with van der Waals surface area (Å²) >= 11 is 0. The van der Waals surface area contributed by atoms with Crippen LogP contribution in [0.4, 0.5) is 0 Å². The van der Waals surface area contributed by atoms with E-state index in [1.807, 2.05) is 6.07 Å². The van der Waals surface area contributed by atoms with Crippen molar-refractivity contribution in [2.75, 3.05) is 13.6 Å². The molecule has 0 saturated carbocycles. The number of nitrogens with two attached hydrogens (primary N) is 1. The molecule has 0 heterocycles. The average Bonchev–Trinajstić information content (AvgIpc) is 2.29. The molecule has 0 atom stereocenters. The molecule has 0 aliphatic carbocycles. The van der Waals surface area contributed by atoms with Gasteiger partial charge in [0.1, 0.15) is 0 Å². The van der Waals surface area contributed by atoms with E-state index < -0.39 is 10.0 Å². The summed E-state index contributed by atoms with van der Waals surface area (Å²) in [6.07, 6.45) is 1.56. The Bertz CT molecular complexity index is 509. The first kappa shape index (κ1) is 13.9. The summed E-state index contributed by atoms with van der Waals surface area (Å²) in [5.74, 6) is 0. The maximum atomic E-state index is 12.2. The second-order valence-electron chi connectivity index (χ2n) is 3.82. The van der Waals surface area contributed by atoms with Gasteiger partial charge in [-0.25, -0.2) is 8.42 Å². The lowest BCUT2D eigenvalue weighted by Crippen LogP contribution is -2.27. The van der Waals surface area contributed by atoms with Gasteiger partial charge in [-0.15, -0.1) is 6.58 Å². The molecule has 1 rings (SSSR count). The van der Waals surface area contributed by atoms with Crippen molar-refractivity contribution in [3.05, 3.63) is 42.0 Å². The Balaban J connectivity index is 3.29. The molecule has 0 aromatic heterocycles. The zero-order valence-electron chi connectivity index (χ0n) is 10.2. The van der Waals surface area contributed by atoms with E-state index in [0.29, 0.717) is 17.0 Å². The monoisotopic (exact) mass is 254 g/mol. The van der Waals surface area contributed by atoms with Crippen LogP contribution in [-0.4, -0.2) is 26.3 Å². The van der Waals surface area contributed by atoms with Crippen molar-refractivity contribution in [2.24, 2.45) is 5.73 Å². The summed E-state index contributed by atoms with van der Waals surface area (Å²) < 4.78 is 25.8. The van der Waals surface area contributed by atoms with Crippen molar-refractivity contribution in [3.8, 4) is 0 Å². The van der Waals surface area contributed by atoms with Crippen LogP contribution in [0, 0.1) is 6.92 Å². The highest BCUT2D eigenvalue weighted by atomic mass is 32.2. The molecule has 17 heavy (non-hydrogen) atoms. The Hall–Kier alpha value is -1.17. The molecular formula is C12H18N2O2S. The fourth-order valence-corrected chi connectivity index (χ4v) is 3.01.